The number of carbonyl (C=O) groups excluding carboxylic acids is 1. The number of fused-ring (bicyclic) bond motifs is 1. The molecule has 2 saturated heterocycles. The van der Waals surface area contributed by atoms with Crippen LogP contribution in [0.2, 0.25) is 10.0 Å². The van der Waals surface area contributed by atoms with Gasteiger partial charge in [0.15, 0.2) is 4.90 Å². The van der Waals surface area contributed by atoms with E-state index in [4.69, 9.17) is 27.9 Å². The number of nitrogens with one attached hydrogen (secondary N) is 2. The lowest BCUT2D eigenvalue weighted by atomic mass is 9.85. The fourth-order valence-corrected chi connectivity index (χ4v) is 6.07. The third-order valence-electron chi connectivity index (χ3n) is 6.64. The molecule has 3 heterocycles. The normalized spacial score (nSPS) is 19.2. The molecule has 3 aromatic rings. The van der Waals surface area contributed by atoms with Gasteiger partial charge in [-0.2, -0.15) is 13.2 Å². The lowest BCUT2D eigenvalue weighted by Crippen LogP contribution is -2.65. The van der Waals surface area contributed by atoms with Crippen molar-refractivity contribution in [2.75, 3.05) is 44.1 Å². The Morgan fingerprint density at radius 2 is 1.72 bits per heavy atom. The van der Waals surface area contributed by atoms with E-state index in [0.29, 0.717) is 57.8 Å². The predicted molar refractivity (Wildman–Crippen MR) is 131 cm³/mol. The van der Waals surface area contributed by atoms with Gasteiger partial charge in [-0.3, -0.25) is 9.69 Å². The standard InChI is InChI=1S/C23H21Cl2F3N4O3S/c24-16-5-6-18(20-19(16)17(25)11-29-20)30-36(34)15-3-1-14(2-4-15)22(12-35-13-22)32-9-7-31(8-10-32)21(33)23(26,27)28/h1-6,11,29-30H,7-10,12-13H2. The maximum absolute atomic E-state index is 13.0. The van der Waals surface area contributed by atoms with Gasteiger partial charge in [0.05, 0.1) is 34.3 Å². The fourth-order valence-electron chi connectivity index (χ4n) is 4.65. The number of carbonyl (C=O) groups is 1. The van der Waals surface area contributed by atoms with Crippen molar-refractivity contribution in [1.29, 1.82) is 0 Å². The minimum absolute atomic E-state index is 0.00949. The molecule has 2 N–H and O–H groups in total. The highest BCUT2D eigenvalue weighted by Crippen LogP contribution is 2.38. The molecule has 1 aromatic heterocycles. The maximum atomic E-state index is 13.0. The van der Waals surface area contributed by atoms with E-state index >= 15 is 0 Å². The van der Waals surface area contributed by atoms with E-state index in [-0.39, 0.29) is 13.1 Å². The SMILES string of the molecule is O=C(N1CCN(C2(c3ccc([S+]([O-])Nc4ccc(Cl)c5c(Cl)c[nH]c45)cc3)COC2)CC1)C(F)(F)F. The molecule has 2 aliphatic heterocycles. The van der Waals surface area contributed by atoms with E-state index in [1.165, 1.54) is 0 Å². The topological polar surface area (TPSA) is 83.7 Å². The number of piperazine rings is 1. The number of hydrogen-bond acceptors (Lipinski definition) is 5. The van der Waals surface area contributed by atoms with E-state index < -0.39 is 29.0 Å². The first kappa shape index (κ1) is 25.5. The van der Waals surface area contributed by atoms with Gasteiger partial charge in [-0.25, -0.2) is 4.72 Å². The summed E-state index contributed by atoms with van der Waals surface area (Å²) in [7, 11) is 0. The third kappa shape index (κ3) is 4.52. The summed E-state index contributed by atoms with van der Waals surface area (Å²) in [5.41, 5.74) is 1.64. The van der Waals surface area contributed by atoms with E-state index in [9.17, 15) is 22.5 Å². The summed E-state index contributed by atoms with van der Waals surface area (Å²) in [6.45, 7) is 1.35. The Labute approximate surface area is 217 Å². The van der Waals surface area contributed by atoms with Gasteiger partial charge in [0.1, 0.15) is 17.0 Å². The highest BCUT2D eigenvalue weighted by atomic mass is 35.5. The van der Waals surface area contributed by atoms with Crippen molar-refractivity contribution < 1.29 is 27.3 Å². The fraction of sp³-hybridized carbons (Fsp3) is 0.348. The van der Waals surface area contributed by atoms with Gasteiger partial charge in [0.2, 0.25) is 0 Å². The molecule has 2 aliphatic rings. The number of benzene rings is 2. The lowest BCUT2D eigenvalue weighted by molar-refractivity contribution is -0.192. The van der Waals surface area contributed by atoms with Crippen LogP contribution in [0.1, 0.15) is 5.56 Å². The maximum Gasteiger partial charge on any atom is 0.471 e. The second kappa shape index (κ2) is 9.62. The Hall–Kier alpha value is -2.15. The Kier molecular flexibility index (Phi) is 6.81. The molecule has 1 amide bonds. The molecule has 5 rings (SSSR count). The molecule has 2 aromatic carbocycles. The number of aromatic amines is 1. The van der Waals surface area contributed by atoms with Crippen molar-refractivity contribution in [3.8, 4) is 0 Å². The van der Waals surface area contributed by atoms with Gasteiger partial charge in [0, 0.05) is 37.8 Å². The predicted octanol–water partition coefficient (Wildman–Crippen LogP) is 4.54. The average Bonchev–Trinajstić information content (AvgIpc) is 3.22. The molecule has 192 valence electrons. The van der Waals surface area contributed by atoms with Crippen molar-refractivity contribution in [1.82, 2.24) is 14.8 Å². The molecule has 1 atom stereocenters. The van der Waals surface area contributed by atoms with E-state index in [1.54, 1.807) is 30.5 Å². The molecule has 0 aliphatic carbocycles. The number of H-pyrrole nitrogens is 1. The number of rotatable bonds is 5. The van der Waals surface area contributed by atoms with Crippen LogP contribution >= 0.6 is 23.2 Å². The van der Waals surface area contributed by atoms with Gasteiger partial charge in [-0.05, 0) is 29.8 Å². The van der Waals surface area contributed by atoms with Crippen LogP contribution in [0.4, 0.5) is 18.9 Å². The Bertz CT molecular complexity index is 1280. The third-order valence-corrected chi connectivity index (χ3v) is 8.36. The molecule has 13 heteroatoms. The van der Waals surface area contributed by atoms with Crippen molar-refractivity contribution in [3.05, 3.63) is 58.2 Å². The van der Waals surface area contributed by atoms with Gasteiger partial charge in [-0.1, -0.05) is 35.3 Å². The first-order valence-electron chi connectivity index (χ1n) is 11.0. The van der Waals surface area contributed by atoms with Crippen molar-refractivity contribution in [2.45, 2.75) is 16.6 Å². The minimum Gasteiger partial charge on any atom is -0.588 e. The largest absolute Gasteiger partial charge is 0.588 e. The average molecular weight is 561 g/mol. The van der Waals surface area contributed by atoms with Crippen LogP contribution in [0.25, 0.3) is 10.9 Å². The van der Waals surface area contributed by atoms with Gasteiger partial charge < -0.3 is 19.2 Å². The highest BCUT2D eigenvalue weighted by Gasteiger charge is 2.49. The van der Waals surface area contributed by atoms with E-state index in [1.807, 2.05) is 12.1 Å². The molecule has 36 heavy (non-hydrogen) atoms. The molecule has 2 fully saturated rings. The Balaban J connectivity index is 1.29. The second-order valence-corrected chi connectivity index (χ2v) is 10.7. The smallest absolute Gasteiger partial charge is 0.471 e. The van der Waals surface area contributed by atoms with E-state index in [0.717, 1.165) is 10.5 Å². The number of halogens is 5. The van der Waals surface area contributed by atoms with Gasteiger partial charge >= 0.3 is 12.1 Å². The lowest BCUT2D eigenvalue weighted by Gasteiger charge is -2.52. The first-order valence-corrected chi connectivity index (χ1v) is 12.9. The summed E-state index contributed by atoms with van der Waals surface area (Å²) in [5, 5.41) is 1.58. The number of nitrogens with zero attached hydrogens (tertiary/aromatic N) is 2. The molecule has 0 spiro atoms. The van der Waals surface area contributed by atoms with Crippen molar-refractivity contribution >= 4 is 57.1 Å². The minimum atomic E-state index is -4.87. The Morgan fingerprint density at radius 3 is 2.31 bits per heavy atom. The molecule has 1 unspecified atom stereocenters. The zero-order valence-corrected chi connectivity index (χ0v) is 21.0. The summed E-state index contributed by atoms with van der Waals surface area (Å²) >= 11 is 10.8. The van der Waals surface area contributed by atoms with Crippen LogP contribution in [0.15, 0.2) is 47.5 Å². The monoisotopic (exact) mass is 560 g/mol. The summed E-state index contributed by atoms with van der Waals surface area (Å²) in [4.78, 5) is 18.0. The first-order chi connectivity index (χ1) is 17.1. The number of hydrogen-bond donors (Lipinski definition) is 2. The van der Waals surface area contributed by atoms with Crippen molar-refractivity contribution in [2.24, 2.45) is 0 Å². The summed E-state index contributed by atoms with van der Waals surface area (Å²) < 4.78 is 59.8. The van der Waals surface area contributed by atoms with Gasteiger partial charge in [0.25, 0.3) is 0 Å². The zero-order valence-electron chi connectivity index (χ0n) is 18.7. The summed E-state index contributed by atoms with van der Waals surface area (Å²) in [6.07, 6.45) is -3.26. The van der Waals surface area contributed by atoms with Crippen molar-refractivity contribution in [3.63, 3.8) is 0 Å². The van der Waals surface area contributed by atoms with Crippen LogP contribution in [0.3, 0.4) is 0 Å². The molecule has 0 radical (unpaired) electrons. The van der Waals surface area contributed by atoms with Gasteiger partial charge in [-0.15, -0.1) is 0 Å². The zero-order chi connectivity index (χ0) is 25.7. The van der Waals surface area contributed by atoms with Crippen LogP contribution < -0.4 is 4.72 Å². The Morgan fingerprint density at radius 1 is 1.06 bits per heavy atom. The number of anilines is 1. The molecule has 0 saturated carbocycles. The number of amides is 1. The van der Waals surface area contributed by atoms with Crippen LogP contribution in [0.5, 0.6) is 0 Å². The molecule has 0 bridgehead atoms. The highest BCUT2D eigenvalue weighted by molar-refractivity contribution is 7.92. The van der Waals surface area contributed by atoms with Crippen LogP contribution in [0, 0.1) is 0 Å². The molecular formula is C23H21Cl2F3N4O3S. The number of alkyl halides is 3. The van der Waals surface area contributed by atoms with E-state index in [2.05, 4.69) is 14.6 Å². The number of aromatic nitrogens is 1. The quantitative estimate of drug-likeness (QED) is 0.447. The molecule has 7 nitrogen and oxygen atoms in total. The summed E-state index contributed by atoms with van der Waals surface area (Å²) in [6, 6.07) is 10.6. The summed E-state index contributed by atoms with van der Waals surface area (Å²) in [5.74, 6) is -1.81. The molecular weight excluding hydrogens is 540 g/mol. The van der Waals surface area contributed by atoms with Crippen LogP contribution in [-0.4, -0.2) is 70.8 Å². The van der Waals surface area contributed by atoms with Crippen LogP contribution in [-0.2, 0) is 26.4 Å². The number of ether oxygens (including phenoxy) is 1. The second-order valence-electron chi connectivity index (χ2n) is 8.68.